The molecular formula is C28H27ClN4O3. The molecule has 184 valence electrons. The zero-order chi connectivity index (χ0) is 25.2. The average Bonchev–Trinajstić information content (AvgIpc) is 3.29. The van der Waals surface area contributed by atoms with E-state index in [-0.39, 0.29) is 11.8 Å². The van der Waals surface area contributed by atoms with Crippen molar-refractivity contribution in [3.8, 4) is 11.4 Å². The summed E-state index contributed by atoms with van der Waals surface area (Å²) in [4.78, 5) is 22.2. The van der Waals surface area contributed by atoms with E-state index in [0.717, 1.165) is 23.2 Å². The van der Waals surface area contributed by atoms with Crippen LogP contribution in [-0.2, 0) is 17.8 Å². The number of likely N-dealkylation sites (tertiary alicyclic amines) is 1. The standard InChI is InChI=1S/C28H27ClN4O3/c1-17-7-18(2)9-20(8-17)10-25(22-11-24(29)13-30-12-22)27-31-26(32-36-27)21-5-3-19(4-6-21)14-33-15-23(16-33)28(34)35/h3-9,11-13,23,25H,10,14-16H2,1-2H3,(H,34,35). The summed E-state index contributed by atoms with van der Waals surface area (Å²) in [6.45, 7) is 6.08. The van der Waals surface area contributed by atoms with Crippen molar-refractivity contribution in [1.29, 1.82) is 0 Å². The predicted octanol–water partition coefficient (Wildman–Crippen LogP) is 5.29. The lowest BCUT2D eigenvalue weighted by molar-refractivity contribution is -0.147. The Hall–Kier alpha value is -3.55. The Morgan fingerprint density at radius 1 is 1.08 bits per heavy atom. The molecule has 2 aromatic heterocycles. The first-order valence-corrected chi connectivity index (χ1v) is 12.3. The molecule has 0 amide bonds. The summed E-state index contributed by atoms with van der Waals surface area (Å²) in [6, 6.07) is 16.4. The molecule has 1 unspecified atom stereocenters. The molecule has 36 heavy (non-hydrogen) atoms. The predicted molar refractivity (Wildman–Crippen MR) is 137 cm³/mol. The molecule has 1 aliphatic heterocycles. The largest absolute Gasteiger partial charge is 0.481 e. The van der Waals surface area contributed by atoms with E-state index in [1.54, 1.807) is 12.4 Å². The van der Waals surface area contributed by atoms with Gasteiger partial charge in [-0.15, -0.1) is 0 Å². The highest BCUT2D eigenvalue weighted by atomic mass is 35.5. The minimum atomic E-state index is -0.723. The van der Waals surface area contributed by atoms with Crippen molar-refractivity contribution in [3.63, 3.8) is 0 Å². The number of aromatic nitrogens is 3. The van der Waals surface area contributed by atoms with Crippen molar-refractivity contribution >= 4 is 17.6 Å². The number of nitrogens with zero attached hydrogens (tertiary/aromatic N) is 4. The van der Waals surface area contributed by atoms with Gasteiger partial charge in [0.25, 0.3) is 0 Å². The fourth-order valence-electron chi connectivity index (χ4n) is 4.76. The van der Waals surface area contributed by atoms with E-state index in [1.807, 2.05) is 30.3 Å². The van der Waals surface area contributed by atoms with E-state index in [1.165, 1.54) is 16.7 Å². The maximum absolute atomic E-state index is 11.0. The molecule has 5 rings (SSSR count). The van der Waals surface area contributed by atoms with Gasteiger partial charge in [-0.05, 0) is 43.0 Å². The van der Waals surface area contributed by atoms with Crippen molar-refractivity contribution in [2.24, 2.45) is 5.92 Å². The monoisotopic (exact) mass is 502 g/mol. The molecule has 4 aromatic rings. The molecule has 1 fully saturated rings. The number of hydrogen-bond acceptors (Lipinski definition) is 6. The molecule has 1 saturated heterocycles. The minimum absolute atomic E-state index is 0.188. The molecule has 2 aromatic carbocycles. The molecule has 1 N–H and O–H groups in total. The fraction of sp³-hybridized carbons (Fsp3) is 0.286. The van der Waals surface area contributed by atoms with Gasteiger partial charge in [0.05, 0.1) is 16.9 Å². The summed E-state index contributed by atoms with van der Waals surface area (Å²) in [5, 5.41) is 13.9. The van der Waals surface area contributed by atoms with E-state index < -0.39 is 5.97 Å². The molecule has 0 bridgehead atoms. The third-order valence-electron chi connectivity index (χ3n) is 6.51. The average molecular weight is 503 g/mol. The van der Waals surface area contributed by atoms with Crippen LogP contribution >= 0.6 is 11.6 Å². The number of carboxylic acid groups (broad SMARTS) is 1. The van der Waals surface area contributed by atoms with Gasteiger partial charge < -0.3 is 9.63 Å². The van der Waals surface area contributed by atoms with Crippen molar-refractivity contribution in [2.75, 3.05) is 13.1 Å². The van der Waals surface area contributed by atoms with Crippen LogP contribution in [0.4, 0.5) is 0 Å². The van der Waals surface area contributed by atoms with Gasteiger partial charge in [0.1, 0.15) is 0 Å². The summed E-state index contributed by atoms with van der Waals surface area (Å²) in [5.74, 6) is -0.136. The van der Waals surface area contributed by atoms with Crippen LogP contribution in [0.2, 0.25) is 5.02 Å². The Morgan fingerprint density at radius 3 is 2.47 bits per heavy atom. The second kappa shape index (κ2) is 10.2. The maximum Gasteiger partial charge on any atom is 0.309 e. The molecule has 7 nitrogen and oxygen atoms in total. The second-order valence-corrected chi connectivity index (χ2v) is 10.0. The highest BCUT2D eigenvalue weighted by Crippen LogP contribution is 2.31. The highest BCUT2D eigenvalue weighted by molar-refractivity contribution is 6.30. The summed E-state index contributed by atoms with van der Waals surface area (Å²) in [5.41, 5.74) is 6.48. The van der Waals surface area contributed by atoms with Gasteiger partial charge in [0.2, 0.25) is 11.7 Å². The number of aryl methyl sites for hydroxylation is 2. The lowest BCUT2D eigenvalue weighted by atomic mass is 9.91. The minimum Gasteiger partial charge on any atom is -0.481 e. The van der Waals surface area contributed by atoms with Gasteiger partial charge in [-0.2, -0.15) is 4.98 Å². The number of carboxylic acids is 1. The Morgan fingerprint density at radius 2 is 1.81 bits per heavy atom. The zero-order valence-electron chi connectivity index (χ0n) is 20.2. The topological polar surface area (TPSA) is 92.4 Å². The summed E-state index contributed by atoms with van der Waals surface area (Å²) >= 11 is 6.26. The van der Waals surface area contributed by atoms with Crippen LogP contribution in [0.3, 0.4) is 0 Å². The number of aliphatic carboxylic acids is 1. The first-order valence-electron chi connectivity index (χ1n) is 11.9. The lowest BCUT2D eigenvalue weighted by Gasteiger charge is -2.36. The maximum atomic E-state index is 11.0. The quantitative estimate of drug-likeness (QED) is 0.350. The lowest BCUT2D eigenvalue weighted by Crippen LogP contribution is -2.49. The van der Waals surface area contributed by atoms with Crippen LogP contribution in [0, 0.1) is 19.8 Å². The van der Waals surface area contributed by atoms with Gasteiger partial charge in [0, 0.05) is 37.6 Å². The Kier molecular flexibility index (Phi) is 6.85. The number of hydrogen-bond donors (Lipinski definition) is 1. The molecule has 1 aliphatic rings. The molecule has 1 atom stereocenters. The molecular weight excluding hydrogens is 476 g/mol. The van der Waals surface area contributed by atoms with Crippen molar-refractivity contribution in [3.05, 3.63) is 99.7 Å². The van der Waals surface area contributed by atoms with Gasteiger partial charge in [0.15, 0.2) is 0 Å². The normalized spacial score (nSPS) is 15.0. The van der Waals surface area contributed by atoms with Crippen LogP contribution in [0.15, 0.2) is 65.4 Å². The number of benzene rings is 2. The van der Waals surface area contributed by atoms with Crippen LogP contribution < -0.4 is 0 Å². The molecule has 0 aliphatic carbocycles. The van der Waals surface area contributed by atoms with Crippen LogP contribution in [0.1, 0.15) is 39.6 Å². The van der Waals surface area contributed by atoms with E-state index in [2.05, 4.69) is 47.1 Å². The zero-order valence-corrected chi connectivity index (χ0v) is 20.9. The fourth-order valence-corrected chi connectivity index (χ4v) is 4.94. The van der Waals surface area contributed by atoms with E-state index in [9.17, 15) is 4.79 Å². The number of carbonyl (C=O) groups is 1. The number of pyridine rings is 1. The van der Waals surface area contributed by atoms with Crippen LogP contribution in [0.5, 0.6) is 0 Å². The molecule has 8 heteroatoms. The first-order chi connectivity index (χ1) is 17.3. The molecule has 0 spiro atoms. The van der Waals surface area contributed by atoms with Gasteiger partial charge >= 0.3 is 5.97 Å². The van der Waals surface area contributed by atoms with Gasteiger partial charge in [-0.25, -0.2) is 0 Å². The SMILES string of the molecule is Cc1cc(C)cc(CC(c2cncc(Cl)c2)c2nc(-c3ccc(CN4CC(C(=O)O)C4)cc3)no2)c1. The van der Waals surface area contributed by atoms with Gasteiger partial charge in [-0.3, -0.25) is 14.7 Å². The van der Waals surface area contributed by atoms with Crippen LogP contribution in [-0.4, -0.2) is 44.2 Å². The van der Waals surface area contributed by atoms with E-state index in [0.29, 0.717) is 36.2 Å². The Bertz CT molecular complexity index is 1360. The smallest absolute Gasteiger partial charge is 0.309 e. The third-order valence-corrected chi connectivity index (χ3v) is 6.72. The number of rotatable bonds is 8. The van der Waals surface area contributed by atoms with Gasteiger partial charge in [-0.1, -0.05) is 70.3 Å². The van der Waals surface area contributed by atoms with Crippen molar-refractivity contribution in [2.45, 2.75) is 32.7 Å². The van der Waals surface area contributed by atoms with Crippen molar-refractivity contribution in [1.82, 2.24) is 20.0 Å². The Balaban J connectivity index is 1.36. The number of halogens is 1. The molecule has 0 radical (unpaired) electrons. The van der Waals surface area contributed by atoms with Crippen LogP contribution in [0.25, 0.3) is 11.4 Å². The summed E-state index contributed by atoms with van der Waals surface area (Å²) < 4.78 is 5.77. The Labute approximate surface area is 214 Å². The van der Waals surface area contributed by atoms with Crippen molar-refractivity contribution < 1.29 is 14.4 Å². The van der Waals surface area contributed by atoms with E-state index in [4.69, 9.17) is 26.2 Å². The summed E-state index contributed by atoms with van der Waals surface area (Å²) in [7, 11) is 0. The van der Waals surface area contributed by atoms with E-state index >= 15 is 0 Å². The highest BCUT2D eigenvalue weighted by Gasteiger charge is 2.32. The second-order valence-electron chi connectivity index (χ2n) is 9.57. The molecule has 0 saturated carbocycles. The third kappa shape index (κ3) is 5.48. The molecule has 3 heterocycles. The summed E-state index contributed by atoms with van der Waals surface area (Å²) in [6.07, 6.45) is 4.09. The first kappa shape index (κ1) is 24.2.